The summed E-state index contributed by atoms with van der Waals surface area (Å²) in [6, 6.07) is 8.40. The molecule has 0 aliphatic heterocycles. The van der Waals surface area contributed by atoms with Crippen molar-refractivity contribution in [3.8, 4) is 21.8 Å². The zero-order valence-electron chi connectivity index (χ0n) is 14.3. The molecule has 5 aromatic rings. The Bertz CT molecular complexity index is 1280. The van der Waals surface area contributed by atoms with Gasteiger partial charge in [0, 0.05) is 76.2 Å². The van der Waals surface area contributed by atoms with E-state index < -0.39 is 0 Å². The summed E-state index contributed by atoms with van der Waals surface area (Å²) in [5.41, 5.74) is 5.65. The highest BCUT2D eigenvalue weighted by molar-refractivity contribution is 9.10. The molecule has 1 aromatic carbocycles. The van der Waals surface area contributed by atoms with Crippen LogP contribution in [0.2, 0.25) is 0 Å². The number of thiazole rings is 1. The summed E-state index contributed by atoms with van der Waals surface area (Å²) in [6.07, 6.45) is 8.03. The van der Waals surface area contributed by atoms with Crippen molar-refractivity contribution in [2.45, 2.75) is 0 Å². The molecule has 5 rings (SSSR count). The van der Waals surface area contributed by atoms with Gasteiger partial charge in [-0.15, -0.1) is 11.3 Å². The van der Waals surface area contributed by atoms with E-state index in [0.29, 0.717) is 0 Å². The number of aryl methyl sites for hydroxylation is 2. The van der Waals surface area contributed by atoms with Crippen LogP contribution in [0.4, 0.5) is 0 Å². The molecule has 0 atom stereocenters. The zero-order chi connectivity index (χ0) is 17.8. The van der Waals surface area contributed by atoms with Gasteiger partial charge in [0.15, 0.2) is 0 Å². The molecule has 0 saturated carbocycles. The molecule has 4 aromatic heterocycles. The Balaban J connectivity index is 1.68. The van der Waals surface area contributed by atoms with Gasteiger partial charge < -0.3 is 9.13 Å². The van der Waals surface area contributed by atoms with Crippen LogP contribution in [0.25, 0.3) is 43.6 Å². The van der Waals surface area contributed by atoms with Gasteiger partial charge in [-0.05, 0) is 24.3 Å². The van der Waals surface area contributed by atoms with Gasteiger partial charge in [0.25, 0.3) is 0 Å². The van der Waals surface area contributed by atoms with Gasteiger partial charge in [-0.2, -0.15) is 0 Å². The topological polar surface area (TPSA) is 35.6 Å². The van der Waals surface area contributed by atoms with Crippen molar-refractivity contribution in [1.29, 1.82) is 0 Å². The highest BCUT2D eigenvalue weighted by Crippen LogP contribution is 2.37. The monoisotopic (exact) mass is 422 g/mol. The number of halogens is 1. The van der Waals surface area contributed by atoms with Gasteiger partial charge in [0.05, 0.1) is 11.2 Å². The molecule has 128 valence electrons. The van der Waals surface area contributed by atoms with Crippen LogP contribution >= 0.6 is 27.3 Å². The minimum absolute atomic E-state index is 0.996. The zero-order valence-corrected chi connectivity index (χ0v) is 16.7. The lowest BCUT2D eigenvalue weighted by Crippen LogP contribution is -1.82. The summed E-state index contributed by atoms with van der Waals surface area (Å²) < 4.78 is 5.36. The predicted molar refractivity (Wildman–Crippen MR) is 111 cm³/mol. The van der Waals surface area contributed by atoms with E-state index in [0.717, 1.165) is 26.1 Å². The Morgan fingerprint density at radius 1 is 0.962 bits per heavy atom. The predicted octanol–water partition coefficient (Wildman–Crippen LogP) is 5.62. The minimum atomic E-state index is 0.996. The lowest BCUT2D eigenvalue weighted by Gasteiger charge is -1.97. The molecule has 0 saturated heterocycles. The molecule has 0 spiro atoms. The Morgan fingerprint density at radius 3 is 2.58 bits per heavy atom. The first-order valence-electron chi connectivity index (χ1n) is 8.22. The maximum absolute atomic E-state index is 4.96. The molecule has 26 heavy (non-hydrogen) atoms. The fourth-order valence-electron chi connectivity index (χ4n) is 3.49. The molecule has 6 heteroatoms. The number of aromatic nitrogens is 4. The number of pyridine rings is 1. The second-order valence-electron chi connectivity index (χ2n) is 6.40. The maximum Gasteiger partial charge on any atom is 0.126 e. The van der Waals surface area contributed by atoms with Crippen LogP contribution < -0.4 is 0 Å². The second kappa shape index (κ2) is 5.79. The van der Waals surface area contributed by atoms with E-state index in [2.05, 4.69) is 80.1 Å². The molecule has 0 N–H and O–H groups in total. The lowest BCUT2D eigenvalue weighted by molar-refractivity contribution is 0.968. The minimum Gasteiger partial charge on any atom is -0.350 e. The third-order valence-corrected chi connectivity index (χ3v) is 6.12. The van der Waals surface area contributed by atoms with Gasteiger partial charge >= 0.3 is 0 Å². The molecule has 4 nitrogen and oxygen atoms in total. The Labute approximate surface area is 162 Å². The largest absolute Gasteiger partial charge is 0.350 e. The van der Waals surface area contributed by atoms with Crippen LogP contribution in [-0.4, -0.2) is 19.1 Å². The van der Waals surface area contributed by atoms with E-state index in [1.165, 1.54) is 22.0 Å². The smallest absolute Gasteiger partial charge is 0.126 e. The third kappa shape index (κ3) is 2.33. The molecule has 0 aliphatic rings. The normalized spacial score (nSPS) is 11.7. The fourth-order valence-corrected chi connectivity index (χ4v) is 4.70. The highest BCUT2D eigenvalue weighted by atomic mass is 79.9. The van der Waals surface area contributed by atoms with E-state index in [1.54, 1.807) is 11.3 Å². The molecule has 0 radical (unpaired) electrons. The summed E-state index contributed by atoms with van der Waals surface area (Å²) in [4.78, 5) is 9.24. The van der Waals surface area contributed by atoms with Crippen LogP contribution in [0.1, 0.15) is 0 Å². The lowest BCUT2D eigenvalue weighted by atomic mass is 10.1. The Hall–Kier alpha value is -2.44. The van der Waals surface area contributed by atoms with Crippen LogP contribution in [0, 0.1) is 0 Å². The average molecular weight is 423 g/mol. The van der Waals surface area contributed by atoms with E-state index in [-0.39, 0.29) is 0 Å². The van der Waals surface area contributed by atoms with Crippen molar-refractivity contribution in [3.05, 3.63) is 58.9 Å². The van der Waals surface area contributed by atoms with Gasteiger partial charge in [0.2, 0.25) is 0 Å². The first-order valence-corrected chi connectivity index (χ1v) is 9.89. The van der Waals surface area contributed by atoms with Crippen molar-refractivity contribution < 1.29 is 0 Å². The maximum atomic E-state index is 4.96. The first-order chi connectivity index (χ1) is 12.6. The summed E-state index contributed by atoms with van der Waals surface area (Å²) in [5, 5.41) is 5.51. The van der Waals surface area contributed by atoms with Gasteiger partial charge in [-0.25, -0.2) is 4.98 Å². The molecule has 0 aliphatic carbocycles. The molecule has 0 unspecified atom stereocenters. The number of hydrogen-bond donors (Lipinski definition) is 0. The second-order valence-corrected chi connectivity index (χ2v) is 8.17. The summed E-state index contributed by atoms with van der Waals surface area (Å²) in [7, 11) is 4.13. The first kappa shape index (κ1) is 15.8. The van der Waals surface area contributed by atoms with Gasteiger partial charge in [0.1, 0.15) is 5.01 Å². The van der Waals surface area contributed by atoms with Crippen molar-refractivity contribution >= 4 is 49.1 Å². The summed E-state index contributed by atoms with van der Waals surface area (Å²) in [6.45, 7) is 0. The van der Waals surface area contributed by atoms with Crippen LogP contribution in [0.15, 0.2) is 58.9 Å². The van der Waals surface area contributed by atoms with E-state index in [4.69, 9.17) is 4.98 Å². The van der Waals surface area contributed by atoms with Crippen LogP contribution in [0.3, 0.4) is 0 Å². The van der Waals surface area contributed by atoms with E-state index in [9.17, 15) is 0 Å². The van der Waals surface area contributed by atoms with Crippen LogP contribution in [0.5, 0.6) is 0 Å². The molecule has 4 heterocycles. The highest BCUT2D eigenvalue weighted by Gasteiger charge is 2.16. The third-order valence-electron chi connectivity index (χ3n) is 4.75. The number of benzene rings is 1. The van der Waals surface area contributed by atoms with E-state index >= 15 is 0 Å². The molecular weight excluding hydrogens is 408 g/mol. The average Bonchev–Trinajstić information content (AvgIpc) is 3.32. The van der Waals surface area contributed by atoms with Crippen molar-refractivity contribution in [3.63, 3.8) is 0 Å². The quantitative estimate of drug-likeness (QED) is 0.370. The Kier molecular flexibility index (Phi) is 3.52. The summed E-state index contributed by atoms with van der Waals surface area (Å²) in [5.74, 6) is 0. The number of hydrogen-bond acceptors (Lipinski definition) is 3. The SMILES string of the molecule is Cn1cc(-c2csc(-c3cn(C)c4ccc(Br)cc34)n2)c2cnccc21. The number of nitrogens with zero attached hydrogens (tertiary/aromatic N) is 4. The van der Waals surface area contributed by atoms with Crippen molar-refractivity contribution in [2.24, 2.45) is 14.1 Å². The molecule has 0 fully saturated rings. The molecular formula is C20H15BrN4S. The van der Waals surface area contributed by atoms with Crippen molar-refractivity contribution in [1.82, 2.24) is 19.1 Å². The van der Waals surface area contributed by atoms with Gasteiger partial charge in [-0.1, -0.05) is 15.9 Å². The number of rotatable bonds is 2. The van der Waals surface area contributed by atoms with Gasteiger partial charge in [-0.3, -0.25) is 4.98 Å². The van der Waals surface area contributed by atoms with Crippen LogP contribution in [-0.2, 0) is 14.1 Å². The van der Waals surface area contributed by atoms with E-state index in [1.807, 2.05) is 18.5 Å². The summed E-state index contributed by atoms with van der Waals surface area (Å²) >= 11 is 5.26. The fraction of sp³-hybridized carbons (Fsp3) is 0.100. The Morgan fingerprint density at radius 2 is 1.73 bits per heavy atom. The van der Waals surface area contributed by atoms with Crippen molar-refractivity contribution in [2.75, 3.05) is 0 Å². The number of fused-ring (bicyclic) bond motifs is 2. The molecule has 0 amide bonds. The standard InChI is InChI=1S/C20H15BrN4S/c1-24-9-15(14-8-22-6-5-19(14)24)17-11-26-20(23-17)16-10-25(2)18-4-3-12(21)7-13(16)18/h3-11H,1-2H3. The molecule has 0 bridgehead atoms.